The van der Waals surface area contributed by atoms with E-state index in [1.807, 2.05) is 12.1 Å². The van der Waals surface area contributed by atoms with Crippen molar-refractivity contribution in [3.05, 3.63) is 78.4 Å². The second-order valence-electron chi connectivity index (χ2n) is 6.18. The Labute approximate surface area is 149 Å². The van der Waals surface area contributed by atoms with Crippen LogP contribution in [-0.2, 0) is 10.7 Å². The van der Waals surface area contributed by atoms with E-state index in [0.29, 0.717) is 27.4 Å². The predicted molar refractivity (Wildman–Crippen MR) is 98.6 cm³/mol. The molecule has 1 atom stereocenters. The fourth-order valence-electron chi connectivity index (χ4n) is 3.42. The van der Waals surface area contributed by atoms with Crippen molar-refractivity contribution in [3.8, 4) is 11.1 Å². The number of hydrogen-bond donors (Lipinski definition) is 0. The van der Waals surface area contributed by atoms with Crippen molar-refractivity contribution in [2.45, 2.75) is 6.18 Å². The van der Waals surface area contributed by atoms with Crippen LogP contribution in [0.25, 0.3) is 11.1 Å². The van der Waals surface area contributed by atoms with E-state index in [1.54, 1.807) is 49.5 Å². The van der Waals surface area contributed by atoms with Crippen LogP contribution < -0.4 is 15.3 Å². The van der Waals surface area contributed by atoms with Gasteiger partial charge >= 0.3 is 6.18 Å². The fourth-order valence-corrected chi connectivity index (χ4v) is 6.23. The van der Waals surface area contributed by atoms with Crippen LogP contribution in [0.15, 0.2) is 72.8 Å². The quantitative estimate of drug-likeness (QED) is 0.557. The minimum atomic E-state index is -4.45. The molecule has 0 aliphatic carbocycles. The molecule has 3 aromatic rings. The van der Waals surface area contributed by atoms with Crippen molar-refractivity contribution in [1.82, 2.24) is 0 Å². The van der Waals surface area contributed by atoms with E-state index in [0.717, 1.165) is 12.1 Å². The van der Waals surface area contributed by atoms with E-state index in [2.05, 4.69) is 0 Å². The molecule has 6 heteroatoms. The molecule has 132 valence electrons. The summed E-state index contributed by atoms with van der Waals surface area (Å²) in [5, 5.41) is 1.24. The van der Waals surface area contributed by atoms with Gasteiger partial charge in [0.15, 0.2) is 0 Å². The lowest BCUT2D eigenvalue weighted by molar-refractivity contribution is -0.137. The highest BCUT2D eigenvalue weighted by Crippen LogP contribution is 2.57. The van der Waals surface area contributed by atoms with Crippen molar-refractivity contribution >= 4 is 23.6 Å². The summed E-state index contributed by atoms with van der Waals surface area (Å²) in [4.78, 5) is 0. The first-order valence-corrected chi connectivity index (χ1v) is 9.70. The Morgan fingerprint density at radius 3 is 2.19 bits per heavy atom. The maximum atomic E-state index is 14.2. The van der Waals surface area contributed by atoms with Crippen LogP contribution in [0.2, 0.25) is 0 Å². The molecule has 0 amide bonds. The Bertz CT molecular complexity index is 1030. The lowest BCUT2D eigenvalue weighted by Gasteiger charge is -2.38. The predicted octanol–water partition coefficient (Wildman–Crippen LogP) is 5.05. The van der Waals surface area contributed by atoms with E-state index in [-0.39, 0.29) is 0 Å². The van der Waals surface area contributed by atoms with E-state index in [4.69, 9.17) is 0 Å². The molecule has 0 unspecified atom stereocenters. The molecular weight excluding hydrogens is 358 g/mol. The third-order valence-corrected chi connectivity index (χ3v) is 7.82. The second kappa shape index (κ2) is 5.75. The number of benzene rings is 3. The smallest absolute Gasteiger partial charge is 0.318 e. The van der Waals surface area contributed by atoms with Crippen LogP contribution in [0.1, 0.15) is 5.56 Å². The van der Waals surface area contributed by atoms with Crippen LogP contribution in [0.3, 0.4) is 0 Å². The average molecular weight is 373 g/mol. The van der Waals surface area contributed by atoms with Crippen LogP contribution in [0.5, 0.6) is 0 Å². The maximum absolute atomic E-state index is 14.2. The zero-order chi connectivity index (χ0) is 18.5. The van der Waals surface area contributed by atoms with Crippen molar-refractivity contribution in [2.24, 2.45) is 0 Å². The normalized spacial score (nSPS) is 19.0. The summed E-state index contributed by atoms with van der Waals surface area (Å²) in [5.74, 6) is 0. The zero-order valence-corrected chi connectivity index (χ0v) is 14.8. The van der Waals surface area contributed by atoms with Gasteiger partial charge in [-0.1, -0.05) is 42.5 Å². The van der Waals surface area contributed by atoms with Gasteiger partial charge in [0, 0.05) is 23.2 Å². The maximum Gasteiger partial charge on any atom is 0.416 e. The molecule has 0 fully saturated rings. The highest BCUT2D eigenvalue weighted by atomic mass is 31.2. The van der Waals surface area contributed by atoms with Gasteiger partial charge in [0.05, 0.1) is 11.3 Å². The molecule has 2 nitrogen and oxygen atoms in total. The Morgan fingerprint density at radius 2 is 1.50 bits per heavy atom. The number of hydrogen-bond acceptors (Lipinski definition) is 1. The van der Waals surface area contributed by atoms with Gasteiger partial charge in [-0.15, -0.1) is 0 Å². The minimum Gasteiger partial charge on any atom is -0.318 e. The first-order chi connectivity index (χ1) is 12.3. The van der Waals surface area contributed by atoms with E-state index < -0.39 is 19.0 Å². The molecule has 0 radical (unpaired) electrons. The average Bonchev–Trinajstić information content (AvgIpc) is 2.65. The van der Waals surface area contributed by atoms with Gasteiger partial charge < -0.3 is 4.67 Å². The molecule has 0 bridgehead atoms. The molecule has 0 spiro atoms. The number of alkyl halides is 3. The van der Waals surface area contributed by atoms with Crippen LogP contribution in [0.4, 0.5) is 18.9 Å². The standard InChI is InChI=1S/C20H15F3NOP/c1-24-18-13-14(20(21,22)23)11-12-16(18)17-9-5-6-10-19(17)26(24,25)15-7-3-2-4-8-15/h2-13H,1H3/t26-/m1/s1. The Hall–Kier alpha value is -2.52. The molecule has 0 saturated carbocycles. The van der Waals surface area contributed by atoms with Gasteiger partial charge in [0.1, 0.15) is 0 Å². The van der Waals surface area contributed by atoms with E-state index >= 15 is 0 Å². The van der Waals surface area contributed by atoms with Gasteiger partial charge in [-0.25, -0.2) is 0 Å². The van der Waals surface area contributed by atoms with Crippen molar-refractivity contribution < 1.29 is 17.7 Å². The third-order valence-electron chi connectivity index (χ3n) is 4.72. The molecule has 0 saturated heterocycles. The van der Waals surface area contributed by atoms with Gasteiger partial charge in [-0.05, 0) is 35.9 Å². The monoisotopic (exact) mass is 373 g/mol. The molecule has 1 aliphatic rings. The van der Waals surface area contributed by atoms with Gasteiger partial charge in [0.25, 0.3) is 0 Å². The number of rotatable bonds is 1. The molecule has 0 N–H and O–H groups in total. The minimum absolute atomic E-state index is 0.325. The van der Waals surface area contributed by atoms with E-state index in [9.17, 15) is 17.7 Å². The SMILES string of the molecule is CN1c2cc(C(F)(F)F)ccc2-c2ccccc2[P@]1(=O)c1ccccc1. The molecule has 26 heavy (non-hydrogen) atoms. The second-order valence-corrected chi connectivity index (χ2v) is 8.93. The van der Waals surface area contributed by atoms with Crippen molar-refractivity contribution in [2.75, 3.05) is 11.7 Å². The summed E-state index contributed by atoms with van der Waals surface area (Å²) < 4.78 is 55.3. The number of fused-ring (bicyclic) bond motifs is 3. The summed E-state index contributed by atoms with van der Waals surface area (Å²) >= 11 is 0. The van der Waals surface area contributed by atoms with Crippen LogP contribution in [0, 0.1) is 0 Å². The van der Waals surface area contributed by atoms with Crippen molar-refractivity contribution in [3.63, 3.8) is 0 Å². The summed E-state index contributed by atoms with van der Waals surface area (Å²) in [6.07, 6.45) is -4.45. The Balaban J connectivity index is 2.04. The molecule has 1 heterocycles. The first kappa shape index (κ1) is 16.9. The highest BCUT2D eigenvalue weighted by Gasteiger charge is 2.41. The molecule has 4 rings (SSSR count). The van der Waals surface area contributed by atoms with Gasteiger partial charge in [-0.3, -0.25) is 4.57 Å². The number of halogens is 3. The highest BCUT2D eigenvalue weighted by molar-refractivity contribution is 7.80. The van der Waals surface area contributed by atoms with Crippen molar-refractivity contribution in [1.29, 1.82) is 0 Å². The Kier molecular flexibility index (Phi) is 3.74. The summed E-state index contributed by atoms with van der Waals surface area (Å²) in [7, 11) is -1.69. The fraction of sp³-hybridized carbons (Fsp3) is 0.100. The summed E-state index contributed by atoms with van der Waals surface area (Å²) in [6.45, 7) is 0. The zero-order valence-electron chi connectivity index (χ0n) is 13.9. The van der Waals surface area contributed by atoms with E-state index in [1.165, 1.54) is 10.7 Å². The Morgan fingerprint density at radius 1 is 0.846 bits per heavy atom. The summed E-state index contributed by atoms with van der Waals surface area (Å²) in [5.41, 5.74) is 0.938. The molecule has 1 aliphatic heterocycles. The number of nitrogens with zero attached hydrogens (tertiary/aromatic N) is 1. The number of anilines is 1. The third kappa shape index (κ3) is 2.38. The molecule has 0 aromatic heterocycles. The summed E-state index contributed by atoms with van der Waals surface area (Å²) in [6, 6.07) is 19.7. The largest absolute Gasteiger partial charge is 0.416 e. The lowest BCUT2D eigenvalue weighted by Crippen LogP contribution is -2.34. The van der Waals surface area contributed by atoms with Crippen LogP contribution in [-0.4, -0.2) is 7.05 Å². The van der Waals surface area contributed by atoms with Crippen LogP contribution >= 0.6 is 7.29 Å². The van der Waals surface area contributed by atoms with Gasteiger partial charge in [0.2, 0.25) is 7.29 Å². The lowest BCUT2D eigenvalue weighted by atomic mass is 10.0. The molecule has 3 aromatic carbocycles. The first-order valence-electron chi connectivity index (χ1n) is 8.04. The molecular formula is C20H15F3NOP. The van der Waals surface area contributed by atoms with Gasteiger partial charge in [-0.2, -0.15) is 13.2 Å². The topological polar surface area (TPSA) is 20.3 Å².